The molecule has 2 atom stereocenters. The Morgan fingerprint density at radius 3 is 2.64 bits per heavy atom. The molecule has 0 aromatic heterocycles. The fourth-order valence-corrected chi connectivity index (χ4v) is 2.09. The quantitative estimate of drug-likeness (QED) is 0.728. The Morgan fingerprint density at radius 1 is 1.36 bits per heavy atom. The van der Waals surface area contributed by atoms with Gasteiger partial charge < -0.3 is 5.32 Å². The first-order valence-electron chi connectivity index (χ1n) is 6.12. The highest BCUT2D eigenvalue weighted by atomic mass is 15.2. The van der Waals surface area contributed by atoms with E-state index in [-0.39, 0.29) is 0 Å². The van der Waals surface area contributed by atoms with Crippen LogP contribution in [0, 0.1) is 5.92 Å². The van der Waals surface area contributed by atoms with Gasteiger partial charge in [-0.25, -0.2) is 0 Å². The summed E-state index contributed by atoms with van der Waals surface area (Å²) in [5, 5.41) is 3.61. The van der Waals surface area contributed by atoms with E-state index in [1.165, 1.54) is 32.5 Å². The number of hydrogen-bond donors (Lipinski definition) is 1. The lowest BCUT2D eigenvalue weighted by molar-refractivity contribution is 0.203. The minimum absolute atomic E-state index is 0.739. The van der Waals surface area contributed by atoms with Gasteiger partial charge in [0.05, 0.1) is 0 Å². The van der Waals surface area contributed by atoms with E-state index in [9.17, 15) is 0 Å². The predicted octanol–water partition coefficient (Wildman–Crippen LogP) is 2.10. The SMILES string of the molecule is CCCNC1CCN(C(C)C(C)C)C1. The van der Waals surface area contributed by atoms with Crippen LogP contribution >= 0.6 is 0 Å². The zero-order valence-corrected chi connectivity index (χ0v) is 10.2. The van der Waals surface area contributed by atoms with Gasteiger partial charge in [0.15, 0.2) is 0 Å². The Labute approximate surface area is 89.1 Å². The number of rotatable bonds is 5. The molecule has 0 aliphatic carbocycles. The average Bonchev–Trinajstić information content (AvgIpc) is 2.61. The fourth-order valence-electron chi connectivity index (χ4n) is 2.09. The van der Waals surface area contributed by atoms with Crippen LogP contribution in [0.1, 0.15) is 40.5 Å². The second kappa shape index (κ2) is 5.72. The molecule has 1 N–H and O–H groups in total. The molecule has 0 bridgehead atoms. The summed E-state index contributed by atoms with van der Waals surface area (Å²) in [6.07, 6.45) is 2.58. The standard InChI is InChI=1S/C12H26N2/c1-5-7-13-12-6-8-14(9-12)11(4)10(2)3/h10-13H,5-9H2,1-4H3. The molecule has 1 aliphatic heterocycles. The van der Waals surface area contributed by atoms with Crippen LogP contribution in [-0.4, -0.2) is 36.6 Å². The van der Waals surface area contributed by atoms with Gasteiger partial charge in [-0.05, 0) is 32.2 Å². The lowest BCUT2D eigenvalue weighted by Gasteiger charge is -2.27. The topological polar surface area (TPSA) is 15.3 Å². The molecule has 1 rings (SSSR count). The zero-order valence-electron chi connectivity index (χ0n) is 10.2. The van der Waals surface area contributed by atoms with E-state index in [2.05, 4.69) is 37.9 Å². The molecule has 0 amide bonds. The summed E-state index contributed by atoms with van der Waals surface area (Å²) >= 11 is 0. The number of likely N-dealkylation sites (tertiary alicyclic amines) is 1. The predicted molar refractivity (Wildman–Crippen MR) is 62.6 cm³/mol. The first-order valence-corrected chi connectivity index (χ1v) is 6.12. The van der Waals surface area contributed by atoms with Gasteiger partial charge in [-0.15, -0.1) is 0 Å². The molecule has 0 aromatic carbocycles. The second-order valence-electron chi connectivity index (χ2n) is 4.92. The molecule has 1 heterocycles. The Hall–Kier alpha value is -0.0800. The van der Waals surface area contributed by atoms with E-state index in [4.69, 9.17) is 0 Å². The van der Waals surface area contributed by atoms with Crippen LogP contribution in [0.3, 0.4) is 0 Å². The molecule has 2 unspecified atom stereocenters. The summed E-state index contributed by atoms with van der Waals surface area (Å²) in [6.45, 7) is 12.9. The molecule has 0 saturated carbocycles. The summed E-state index contributed by atoms with van der Waals surface area (Å²) < 4.78 is 0. The Balaban J connectivity index is 2.26. The smallest absolute Gasteiger partial charge is 0.0207 e. The van der Waals surface area contributed by atoms with Gasteiger partial charge >= 0.3 is 0 Å². The second-order valence-corrected chi connectivity index (χ2v) is 4.92. The molecular weight excluding hydrogens is 172 g/mol. The van der Waals surface area contributed by atoms with Gasteiger partial charge in [0.2, 0.25) is 0 Å². The highest BCUT2D eigenvalue weighted by Gasteiger charge is 2.26. The minimum atomic E-state index is 0.739. The van der Waals surface area contributed by atoms with Crippen LogP contribution in [0.5, 0.6) is 0 Å². The zero-order chi connectivity index (χ0) is 10.6. The monoisotopic (exact) mass is 198 g/mol. The molecule has 2 nitrogen and oxygen atoms in total. The molecule has 84 valence electrons. The molecule has 14 heavy (non-hydrogen) atoms. The van der Waals surface area contributed by atoms with Crippen LogP contribution in [0.15, 0.2) is 0 Å². The van der Waals surface area contributed by atoms with E-state index in [1.807, 2.05) is 0 Å². The Morgan fingerprint density at radius 2 is 2.07 bits per heavy atom. The lowest BCUT2D eigenvalue weighted by Crippen LogP contribution is -2.38. The van der Waals surface area contributed by atoms with E-state index in [1.54, 1.807) is 0 Å². The maximum Gasteiger partial charge on any atom is 0.0207 e. The van der Waals surface area contributed by atoms with E-state index in [0.717, 1.165) is 18.0 Å². The molecule has 1 fully saturated rings. The number of nitrogens with zero attached hydrogens (tertiary/aromatic N) is 1. The van der Waals surface area contributed by atoms with Crippen molar-refractivity contribution >= 4 is 0 Å². The van der Waals surface area contributed by atoms with Crippen molar-refractivity contribution in [3.8, 4) is 0 Å². The Kier molecular flexibility index (Phi) is 4.90. The van der Waals surface area contributed by atoms with Crippen LogP contribution in [0.25, 0.3) is 0 Å². The molecule has 1 aliphatic rings. The summed E-state index contributed by atoms with van der Waals surface area (Å²) in [5.41, 5.74) is 0. The van der Waals surface area contributed by atoms with Crippen molar-refractivity contribution in [3.63, 3.8) is 0 Å². The lowest BCUT2D eigenvalue weighted by atomic mass is 10.1. The third-order valence-corrected chi connectivity index (χ3v) is 3.44. The van der Waals surface area contributed by atoms with E-state index >= 15 is 0 Å². The van der Waals surface area contributed by atoms with Crippen molar-refractivity contribution in [1.29, 1.82) is 0 Å². The van der Waals surface area contributed by atoms with Crippen molar-refractivity contribution in [2.45, 2.75) is 52.6 Å². The van der Waals surface area contributed by atoms with E-state index in [0.29, 0.717) is 0 Å². The molecule has 0 spiro atoms. The maximum atomic E-state index is 3.61. The van der Waals surface area contributed by atoms with Crippen LogP contribution in [-0.2, 0) is 0 Å². The van der Waals surface area contributed by atoms with Gasteiger partial charge in [-0.1, -0.05) is 20.8 Å². The maximum absolute atomic E-state index is 3.61. The van der Waals surface area contributed by atoms with Crippen molar-refractivity contribution in [3.05, 3.63) is 0 Å². The van der Waals surface area contributed by atoms with Gasteiger partial charge in [-0.3, -0.25) is 4.90 Å². The molecule has 0 radical (unpaired) electrons. The van der Waals surface area contributed by atoms with Crippen molar-refractivity contribution in [2.24, 2.45) is 5.92 Å². The third kappa shape index (κ3) is 3.25. The molecular formula is C12H26N2. The highest BCUT2D eigenvalue weighted by molar-refractivity contribution is 4.84. The summed E-state index contributed by atoms with van der Waals surface area (Å²) in [6, 6.07) is 1.49. The van der Waals surface area contributed by atoms with Gasteiger partial charge in [0.25, 0.3) is 0 Å². The first kappa shape index (κ1) is 12.0. The van der Waals surface area contributed by atoms with Crippen LogP contribution in [0.4, 0.5) is 0 Å². The van der Waals surface area contributed by atoms with Crippen molar-refractivity contribution in [2.75, 3.05) is 19.6 Å². The fraction of sp³-hybridized carbons (Fsp3) is 1.00. The summed E-state index contributed by atoms with van der Waals surface area (Å²) in [7, 11) is 0. The van der Waals surface area contributed by atoms with Crippen LogP contribution < -0.4 is 5.32 Å². The summed E-state index contributed by atoms with van der Waals surface area (Å²) in [5.74, 6) is 0.778. The van der Waals surface area contributed by atoms with E-state index < -0.39 is 0 Å². The third-order valence-electron chi connectivity index (χ3n) is 3.44. The molecule has 2 heteroatoms. The number of hydrogen-bond acceptors (Lipinski definition) is 2. The Bertz CT molecular complexity index is 156. The molecule has 1 saturated heterocycles. The average molecular weight is 198 g/mol. The van der Waals surface area contributed by atoms with Crippen LogP contribution in [0.2, 0.25) is 0 Å². The van der Waals surface area contributed by atoms with Crippen molar-refractivity contribution in [1.82, 2.24) is 10.2 Å². The molecule has 0 aromatic rings. The largest absolute Gasteiger partial charge is 0.313 e. The highest BCUT2D eigenvalue weighted by Crippen LogP contribution is 2.17. The number of nitrogens with one attached hydrogen (secondary N) is 1. The normalized spacial score (nSPS) is 25.9. The van der Waals surface area contributed by atoms with Crippen molar-refractivity contribution < 1.29 is 0 Å². The first-order chi connectivity index (χ1) is 6.65. The summed E-state index contributed by atoms with van der Waals surface area (Å²) in [4.78, 5) is 2.62. The van der Waals surface area contributed by atoms with Gasteiger partial charge in [0.1, 0.15) is 0 Å². The van der Waals surface area contributed by atoms with Gasteiger partial charge in [-0.2, -0.15) is 0 Å². The minimum Gasteiger partial charge on any atom is -0.313 e. The van der Waals surface area contributed by atoms with Gasteiger partial charge in [0, 0.05) is 25.2 Å².